The maximum absolute atomic E-state index is 10.7. The van der Waals surface area contributed by atoms with Crippen molar-refractivity contribution in [1.82, 2.24) is 16.0 Å². The van der Waals surface area contributed by atoms with Crippen LogP contribution >= 0.6 is 0 Å². The summed E-state index contributed by atoms with van der Waals surface area (Å²) in [6, 6.07) is -3.05. The Kier molecular flexibility index (Phi) is 9.55. The van der Waals surface area contributed by atoms with Crippen LogP contribution in [0.1, 0.15) is 19.3 Å². The van der Waals surface area contributed by atoms with Crippen molar-refractivity contribution in [3.8, 4) is 0 Å². The first-order chi connectivity index (χ1) is 12.6. The Morgan fingerprint density at radius 1 is 0.556 bits per heavy atom. The van der Waals surface area contributed by atoms with Crippen LogP contribution in [0.25, 0.3) is 0 Å². The van der Waals surface area contributed by atoms with Gasteiger partial charge in [0.1, 0.15) is 0 Å². The lowest BCUT2D eigenvalue weighted by atomic mass is 9.79. The number of hydrogen-bond donors (Lipinski definition) is 9. The molecule has 0 aromatic heterocycles. The molecule has 1 aliphatic carbocycles. The van der Waals surface area contributed by atoms with Gasteiger partial charge in [-0.2, -0.15) is 0 Å². The normalized spacial score (nSPS) is 30.8. The molecule has 9 N–H and O–H groups in total. The molecule has 0 amide bonds. The SMILES string of the molecule is O=C(O)CCN[C@H]1[C@@H](O)[C@@H](NCCC(=O)O)[C@@H](O)[C@@H](NCCC(=O)O)[C@H]1O. The van der Waals surface area contributed by atoms with Gasteiger partial charge in [-0.3, -0.25) is 14.4 Å². The molecule has 0 aromatic rings. The van der Waals surface area contributed by atoms with Crippen LogP contribution in [-0.4, -0.2) is 105 Å². The largest absolute Gasteiger partial charge is 0.481 e. The van der Waals surface area contributed by atoms with E-state index >= 15 is 0 Å². The van der Waals surface area contributed by atoms with E-state index in [0.717, 1.165) is 0 Å². The second-order valence-corrected chi connectivity index (χ2v) is 6.34. The van der Waals surface area contributed by atoms with E-state index in [1.807, 2.05) is 0 Å². The molecule has 1 saturated carbocycles. The molecular formula is C15H27N3O9. The number of aliphatic hydroxyl groups excluding tert-OH is 3. The van der Waals surface area contributed by atoms with E-state index < -0.39 is 54.3 Å². The number of carboxylic acids is 3. The zero-order chi connectivity index (χ0) is 20.6. The smallest absolute Gasteiger partial charge is 0.304 e. The Morgan fingerprint density at radius 3 is 0.963 bits per heavy atom. The van der Waals surface area contributed by atoms with Gasteiger partial charge in [0.15, 0.2) is 0 Å². The Labute approximate surface area is 155 Å². The number of rotatable bonds is 12. The molecule has 27 heavy (non-hydrogen) atoms. The fourth-order valence-corrected chi connectivity index (χ4v) is 3.04. The first-order valence-corrected chi connectivity index (χ1v) is 8.55. The molecule has 1 fully saturated rings. The van der Waals surface area contributed by atoms with Crippen molar-refractivity contribution in [1.29, 1.82) is 0 Å². The van der Waals surface area contributed by atoms with Crippen molar-refractivity contribution in [2.75, 3.05) is 19.6 Å². The fraction of sp³-hybridized carbons (Fsp3) is 0.800. The highest BCUT2D eigenvalue weighted by Crippen LogP contribution is 2.22. The predicted octanol–water partition coefficient (Wildman–Crippen LogP) is -3.62. The Hall–Kier alpha value is -1.83. The van der Waals surface area contributed by atoms with E-state index in [1.165, 1.54) is 0 Å². The van der Waals surface area contributed by atoms with Crippen LogP contribution in [0.15, 0.2) is 0 Å². The highest BCUT2D eigenvalue weighted by atomic mass is 16.4. The molecule has 12 nitrogen and oxygen atoms in total. The van der Waals surface area contributed by atoms with Crippen molar-refractivity contribution in [3.05, 3.63) is 0 Å². The number of aliphatic carboxylic acids is 3. The summed E-state index contributed by atoms with van der Waals surface area (Å²) in [5.41, 5.74) is 0. The standard InChI is InChI=1S/C15H27N3O9/c19-7(20)1-4-16-10-13(25)11(17-5-2-8(21)22)15(27)12(14(10)26)18-6-3-9(23)24/h10-18,25-27H,1-6H2,(H,19,20)(H,21,22)(H,23,24)/t10-,11+,12-,13+,14-,15+. The second kappa shape index (κ2) is 11.1. The molecule has 12 heteroatoms. The summed E-state index contributed by atoms with van der Waals surface area (Å²) in [5, 5.41) is 65.7. The minimum Gasteiger partial charge on any atom is -0.481 e. The quantitative estimate of drug-likeness (QED) is 0.157. The van der Waals surface area contributed by atoms with Crippen molar-refractivity contribution in [2.24, 2.45) is 0 Å². The molecule has 0 heterocycles. The third-order valence-electron chi connectivity index (χ3n) is 4.36. The van der Waals surface area contributed by atoms with Crippen molar-refractivity contribution in [3.63, 3.8) is 0 Å². The third kappa shape index (κ3) is 7.36. The average molecular weight is 393 g/mol. The molecule has 0 radical (unpaired) electrons. The van der Waals surface area contributed by atoms with Crippen molar-refractivity contribution in [2.45, 2.75) is 55.7 Å². The number of aliphatic hydroxyl groups is 3. The summed E-state index contributed by atoms with van der Waals surface area (Å²) in [6.45, 7) is -0.143. The average Bonchev–Trinajstić information content (AvgIpc) is 2.56. The van der Waals surface area contributed by atoms with Crippen LogP contribution in [-0.2, 0) is 14.4 Å². The van der Waals surface area contributed by atoms with Crippen molar-refractivity contribution >= 4 is 17.9 Å². The highest BCUT2D eigenvalue weighted by molar-refractivity contribution is 5.67. The van der Waals surface area contributed by atoms with E-state index in [0.29, 0.717) is 0 Å². The van der Waals surface area contributed by atoms with Crippen LogP contribution in [0.2, 0.25) is 0 Å². The summed E-state index contributed by atoms with van der Waals surface area (Å²) in [6.07, 6.45) is -4.79. The van der Waals surface area contributed by atoms with E-state index in [4.69, 9.17) is 15.3 Å². The lowest BCUT2D eigenvalue weighted by Gasteiger charge is -2.47. The minimum atomic E-state index is -1.34. The second-order valence-electron chi connectivity index (χ2n) is 6.34. The molecule has 156 valence electrons. The topological polar surface area (TPSA) is 209 Å². The van der Waals surface area contributed by atoms with E-state index in [9.17, 15) is 29.7 Å². The molecule has 0 unspecified atom stereocenters. The van der Waals surface area contributed by atoms with Gasteiger partial charge < -0.3 is 46.6 Å². The summed E-state index contributed by atoms with van der Waals surface area (Å²) < 4.78 is 0. The van der Waals surface area contributed by atoms with Gasteiger partial charge in [0, 0.05) is 19.6 Å². The van der Waals surface area contributed by atoms with E-state index in [1.54, 1.807) is 0 Å². The number of nitrogens with one attached hydrogen (secondary N) is 3. The molecule has 0 spiro atoms. The first kappa shape index (κ1) is 23.2. The van der Waals surface area contributed by atoms with Gasteiger partial charge in [-0.1, -0.05) is 0 Å². The zero-order valence-corrected chi connectivity index (χ0v) is 14.6. The summed E-state index contributed by atoms with van der Waals surface area (Å²) in [5.74, 6) is -3.22. The molecule has 0 aromatic carbocycles. The van der Waals surface area contributed by atoms with Gasteiger partial charge in [0.2, 0.25) is 0 Å². The highest BCUT2D eigenvalue weighted by Gasteiger charge is 2.48. The van der Waals surface area contributed by atoms with Crippen LogP contribution in [0.4, 0.5) is 0 Å². The maximum Gasteiger partial charge on any atom is 0.304 e. The summed E-state index contributed by atoms with van der Waals surface area (Å²) >= 11 is 0. The number of carboxylic acid groups (broad SMARTS) is 3. The van der Waals surface area contributed by atoms with Crippen LogP contribution in [0, 0.1) is 0 Å². The van der Waals surface area contributed by atoms with E-state index in [-0.39, 0.29) is 38.9 Å². The van der Waals surface area contributed by atoms with Gasteiger partial charge in [0.05, 0.1) is 55.7 Å². The predicted molar refractivity (Wildman–Crippen MR) is 90.2 cm³/mol. The monoisotopic (exact) mass is 393 g/mol. The Bertz CT molecular complexity index is 435. The summed E-state index contributed by atoms with van der Waals surface area (Å²) in [4.78, 5) is 32.0. The molecule has 1 rings (SSSR count). The first-order valence-electron chi connectivity index (χ1n) is 8.55. The van der Waals surface area contributed by atoms with Gasteiger partial charge in [-0.05, 0) is 0 Å². The lowest BCUT2D eigenvalue weighted by molar-refractivity contribution is -0.137. The Balaban J connectivity index is 2.84. The zero-order valence-electron chi connectivity index (χ0n) is 14.6. The molecular weight excluding hydrogens is 366 g/mol. The molecule has 0 bridgehead atoms. The van der Waals surface area contributed by atoms with Crippen LogP contribution in [0.5, 0.6) is 0 Å². The van der Waals surface area contributed by atoms with Crippen LogP contribution < -0.4 is 16.0 Å². The van der Waals surface area contributed by atoms with Gasteiger partial charge in [-0.25, -0.2) is 0 Å². The molecule has 0 aliphatic heterocycles. The lowest BCUT2D eigenvalue weighted by Crippen LogP contribution is -2.73. The van der Waals surface area contributed by atoms with Crippen molar-refractivity contribution < 1.29 is 45.0 Å². The fourth-order valence-electron chi connectivity index (χ4n) is 3.04. The Morgan fingerprint density at radius 2 is 0.778 bits per heavy atom. The third-order valence-corrected chi connectivity index (χ3v) is 4.36. The van der Waals surface area contributed by atoms with Gasteiger partial charge in [-0.15, -0.1) is 0 Å². The van der Waals surface area contributed by atoms with Gasteiger partial charge >= 0.3 is 17.9 Å². The summed E-state index contributed by atoms with van der Waals surface area (Å²) in [7, 11) is 0. The molecule has 1 aliphatic rings. The maximum atomic E-state index is 10.7. The number of hydrogen-bond acceptors (Lipinski definition) is 9. The van der Waals surface area contributed by atoms with Crippen LogP contribution in [0.3, 0.4) is 0 Å². The molecule has 0 atom stereocenters. The minimum absolute atomic E-state index is 0.0477. The molecule has 0 saturated heterocycles. The van der Waals surface area contributed by atoms with Gasteiger partial charge in [0.25, 0.3) is 0 Å². The number of carbonyl (C=O) groups is 3. The van der Waals surface area contributed by atoms with E-state index in [2.05, 4.69) is 16.0 Å².